The molecule has 0 saturated carbocycles. The molecule has 2 aromatic rings. The van der Waals surface area contributed by atoms with E-state index < -0.39 is 0 Å². The van der Waals surface area contributed by atoms with Crippen molar-refractivity contribution in [3.05, 3.63) is 35.3 Å². The monoisotopic (exact) mass is 204 g/mol. The third kappa shape index (κ3) is 1.41. The second-order valence-electron chi connectivity index (χ2n) is 3.41. The maximum absolute atomic E-state index is 8.56. The lowest BCUT2D eigenvalue weighted by Gasteiger charge is -2.00. The fourth-order valence-electron chi connectivity index (χ4n) is 1.50. The zero-order valence-corrected chi connectivity index (χ0v) is 8.60. The highest BCUT2D eigenvalue weighted by atomic mass is 16.4. The van der Waals surface area contributed by atoms with Crippen LogP contribution in [0.25, 0.3) is 5.65 Å². The molecule has 0 aromatic carbocycles. The average Bonchev–Trinajstić information content (AvgIpc) is 2.53. The van der Waals surface area contributed by atoms with Gasteiger partial charge >= 0.3 is 0 Å². The first-order valence-electron chi connectivity index (χ1n) is 4.56. The maximum atomic E-state index is 8.56. The molecule has 5 heteroatoms. The van der Waals surface area contributed by atoms with Gasteiger partial charge in [-0.15, -0.1) is 0 Å². The molecule has 2 rings (SSSR count). The molecule has 0 aliphatic heterocycles. The summed E-state index contributed by atoms with van der Waals surface area (Å²) >= 11 is 0. The topological polar surface area (TPSA) is 75.9 Å². The lowest BCUT2D eigenvalue weighted by atomic mass is 10.2. The van der Waals surface area contributed by atoms with Crippen molar-refractivity contribution in [2.24, 2.45) is 10.9 Å². The molecule has 0 aliphatic carbocycles. The van der Waals surface area contributed by atoms with Gasteiger partial charge in [-0.2, -0.15) is 0 Å². The van der Waals surface area contributed by atoms with Crippen LogP contribution in [0.1, 0.15) is 17.0 Å². The highest BCUT2D eigenvalue weighted by molar-refractivity contribution is 5.97. The van der Waals surface area contributed by atoms with E-state index in [-0.39, 0.29) is 5.84 Å². The van der Waals surface area contributed by atoms with E-state index in [1.165, 1.54) is 0 Å². The number of pyridine rings is 1. The molecule has 2 heterocycles. The van der Waals surface area contributed by atoms with Crippen LogP contribution >= 0.6 is 0 Å². The van der Waals surface area contributed by atoms with Gasteiger partial charge in [0.25, 0.3) is 0 Å². The second-order valence-corrected chi connectivity index (χ2v) is 3.41. The van der Waals surface area contributed by atoms with Crippen molar-refractivity contribution in [1.82, 2.24) is 9.38 Å². The predicted octanol–water partition coefficient (Wildman–Crippen LogP) is 1.05. The molecule has 5 nitrogen and oxygen atoms in total. The van der Waals surface area contributed by atoms with E-state index in [0.717, 1.165) is 17.0 Å². The van der Waals surface area contributed by atoms with E-state index >= 15 is 0 Å². The van der Waals surface area contributed by atoms with Gasteiger partial charge in [-0.3, -0.25) is 0 Å². The lowest BCUT2D eigenvalue weighted by molar-refractivity contribution is 0.318. The van der Waals surface area contributed by atoms with Crippen LogP contribution in [-0.2, 0) is 0 Å². The number of nitrogens with two attached hydrogens (primary N) is 1. The molecule has 2 aromatic heterocycles. The van der Waals surface area contributed by atoms with Crippen LogP contribution in [0.3, 0.4) is 0 Å². The van der Waals surface area contributed by atoms with Crippen LogP contribution in [-0.4, -0.2) is 20.4 Å². The van der Waals surface area contributed by atoms with Gasteiger partial charge in [0.05, 0.1) is 5.69 Å². The first-order valence-corrected chi connectivity index (χ1v) is 4.56. The van der Waals surface area contributed by atoms with Crippen molar-refractivity contribution < 1.29 is 5.21 Å². The van der Waals surface area contributed by atoms with E-state index in [0.29, 0.717) is 5.56 Å². The number of oxime groups is 1. The van der Waals surface area contributed by atoms with Gasteiger partial charge in [0.15, 0.2) is 5.84 Å². The molecule has 78 valence electrons. The van der Waals surface area contributed by atoms with Crippen molar-refractivity contribution in [1.29, 1.82) is 0 Å². The zero-order valence-electron chi connectivity index (χ0n) is 8.60. The van der Waals surface area contributed by atoms with Crippen molar-refractivity contribution >= 4 is 11.5 Å². The summed E-state index contributed by atoms with van der Waals surface area (Å²) in [5.74, 6) is 0.0933. The standard InChI is InChI=1S/C10H12N4O/c1-6-7(2)14-4-3-8(10(11)13-15)5-9(14)12-6/h3-5,15H,1-2H3,(H2,11,13). The predicted molar refractivity (Wildman–Crippen MR) is 57.2 cm³/mol. The number of aryl methyl sites for hydroxylation is 2. The summed E-state index contributed by atoms with van der Waals surface area (Å²) in [5, 5.41) is 11.5. The molecule has 0 aliphatic rings. The molecule has 0 saturated heterocycles. The van der Waals surface area contributed by atoms with E-state index in [4.69, 9.17) is 10.9 Å². The number of amidine groups is 1. The Balaban J connectivity index is 2.67. The quantitative estimate of drug-likeness (QED) is 0.315. The number of aromatic nitrogens is 2. The van der Waals surface area contributed by atoms with Gasteiger partial charge in [-0.05, 0) is 26.0 Å². The Morgan fingerprint density at radius 2 is 2.27 bits per heavy atom. The van der Waals surface area contributed by atoms with Gasteiger partial charge in [-0.1, -0.05) is 5.16 Å². The van der Waals surface area contributed by atoms with Crippen LogP contribution in [0.15, 0.2) is 23.5 Å². The number of imidazole rings is 1. The van der Waals surface area contributed by atoms with Crippen LogP contribution < -0.4 is 5.73 Å². The van der Waals surface area contributed by atoms with Crippen LogP contribution in [0.4, 0.5) is 0 Å². The third-order valence-electron chi connectivity index (χ3n) is 2.51. The van der Waals surface area contributed by atoms with Crippen molar-refractivity contribution in [2.75, 3.05) is 0 Å². The average molecular weight is 204 g/mol. The van der Waals surface area contributed by atoms with Gasteiger partial charge in [0, 0.05) is 17.5 Å². The Hall–Kier alpha value is -2.04. The summed E-state index contributed by atoms with van der Waals surface area (Å²) in [6, 6.07) is 3.57. The summed E-state index contributed by atoms with van der Waals surface area (Å²) in [5.41, 5.74) is 9.03. The first-order chi connectivity index (χ1) is 7.13. The van der Waals surface area contributed by atoms with E-state index in [1.54, 1.807) is 12.1 Å². The number of nitrogens with zero attached hydrogens (tertiary/aromatic N) is 3. The smallest absolute Gasteiger partial charge is 0.170 e. The molecule has 0 fully saturated rings. The van der Waals surface area contributed by atoms with Gasteiger partial charge < -0.3 is 15.3 Å². The van der Waals surface area contributed by atoms with E-state index in [9.17, 15) is 0 Å². The van der Waals surface area contributed by atoms with Crippen LogP contribution in [0.5, 0.6) is 0 Å². The molecule has 0 bridgehead atoms. The molecule has 0 atom stereocenters. The first kappa shape index (κ1) is 9.51. The molecule has 0 radical (unpaired) electrons. The fraction of sp³-hybridized carbons (Fsp3) is 0.200. The summed E-state index contributed by atoms with van der Waals surface area (Å²) in [6.07, 6.45) is 1.86. The third-order valence-corrected chi connectivity index (χ3v) is 2.51. The molecule has 0 spiro atoms. The molecule has 0 unspecified atom stereocenters. The lowest BCUT2D eigenvalue weighted by Crippen LogP contribution is -2.13. The SMILES string of the molecule is Cc1nc2cc(C(N)=NO)ccn2c1C. The second kappa shape index (κ2) is 3.27. The van der Waals surface area contributed by atoms with Crippen molar-refractivity contribution in [3.63, 3.8) is 0 Å². The highest BCUT2D eigenvalue weighted by Crippen LogP contribution is 2.12. The number of rotatable bonds is 1. The van der Waals surface area contributed by atoms with Gasteiger partial charge in [-0.25, -0.2) is 4.98 Å². The zero-order chi connectivity index (χ0) is 11.0. The largest absolute Gasteiger partial charge is 0.409 e. The maximum Gasteiger partial charge on any atom is 0.170 e. The number of fused-ring (bicyclic) bond motifs is 1. The molecule has 3 N–H and O–H groups in total. The Bertz CT molecular complexity index is 542. The fourth-order valence-corrected chi connectivity index (χ4v) is 1.50. The summed E-state index contributed by atoms with van der Waals surface area (Å²) < 4.78 is 1.96. The van der Waals surface area contributed by atoms with E-state index in [2.05, 4.69) is 10.1 Å². The van der Waals surface area contributed by atoms with Crippen molar-refractivity contribution in [3.8, 4) is 0 Å². The Labute approximate surface area is 86.8 Å². The minimum absolute atomic E-state index is 0.0933. The minimum atomic E-state index is 0.0933. The van der Waals surface area contributed by atoms with Crippen LogP contribution in [0.2, 0.25) is 0 Å². The minimum Gasteiger partial charge on any atom is -0.409 e. The summed E-state index contributed by atoms with van der Waals surface area (Å²) in [6.45, 7) is 3.95. The van der Waals surface area contributed by atoms with Gasteiger partial charge in [0.1, 0.15) is 5.65 Å². The summed E-state index contributed by atoms with van der Waals surface area (Å²) in [7, 11) is 0. The number of hydrogen-bond acceptors (Lipinski definition) is 3. The van der Waals surface area contributed by atoms with Crippen LogP contribution in [0, 0.1) is 13.8 Å². The summed E-state index contributed by atoms with van der Waals surface area (Å²) in [4.78, 5) is 4.36. The number of hydrogen-bond donors (Lipinski definition) is 2. The molecular formula is C10H12N4O. The van der Waals surface area contributed by atoms with Gasteiger partial charge in [0.2, 0.25) is 0 Å². The normalized spacial score (nSPS) is 12.3. The highest BCUT2D eigenvalue weighted by Gasteiger charge is 2.06. The Morgan fingerprint density at radius 3 is 2.93 bits per heavy atom. The molecular weight excluding hydrogens is 192 g/mol. The Kier molecular flexibility index (Phi) is 2.07. The van der Waals surface area contributed by atoms with E-state index in [1.807, 2.05) is 24.4 Å². The molecule has 0 amide bonds. The Morgan fingerprint density at radius 1 is 1.53 bits per heavy atom. The molecule has 15 heavy (non-hydrogen) atoms. The van der Waals surface area contributed by atoms with Crippen molar-refractivity contribution in [2.45, 2.75) is 13.8 Å².